The first-order valence-electron chi connectivity index (χ1n) is 9.99. The first-order chi connectivity index (χ1) is 16.2. The second-order valence-corrected chi connectivity index (χ2v) is 8.10. The Kier molecular flexibility index (Phi) is 8.61. The molecule has 6 nitrogen and oxygen atoms in total. The Morgan fingerprint density at radius 1 is 1.12 bits per heavy atom. The van der Waals surface area contributed by atoms with Gasteiger partial charge in [-0.25, -0.2) is 15.2 Å². The van der Waals surface area contributed by atoms with E-state index in [-0.39, 0.29) is 18.1 Å². The van der Waals surface area contributed by atoms with Crippen LogP contribution in [0.3, 0.4) is 0 Å². The maximum absolute atomic E-state index is 13.9. The molecular weight excluding hydrogens is 472 g/mol. The molecule has 11 heteroatoms. The number of nitrogens with zero attached hydrogens (tertiary/aromatic N) is 2. The highest BCUT2D eigenvalue weighted by Gasteiger charge is 2.30. The minimum atomic E-state index is -4.60. The smallest absolute Gasteiger partial charge is 0.416 e. The summed E-state index contributed by atoms with van der Waals surface area (Å²) in [6, 6.07) is 9.82. The van der Waals surface area contributed by atoms with Crippen molar-refractivity contribution in [3.05, 3.63) is 89.7 Å². The zero-order valence-electron chi connectivity index (χ0n) is 17.8. The average Bonchev–Trinajstić information content (AvgIpc) is 3.25. The largest absolute Gasteiger partial charge is 0.487 e. The summed E-state index contributed by atoms with van der Waals surface area (Å²) < 4.78 is 62.8. The van der Waals surface area contributed by atoms with E-state index in [0.717, 1.165) is 22.8 Å². The average molecular weight is 495 g/mol. The Balaban J connectivity index is 1.49. The highest BCUT2D eigenvalue weighted by atomic mass is 32.2. The zero-order chi connectivity index (χ0) is 24.6. The summed E-state index contributed by atoms with van der Waals surface area (Å²) in [5, 5.41) is 1.51. The third kappa shape index (κ3) is 7.56. The zero-order valence-corrected chi connectivity index (χ0v) is 18.7. The van der Waals surface area contributed by atoms with E-state index in [4.69, 9.17) is 20.7 Å². The fourth-order valence-corrected chi connectivity index (χ4v) is 3.57. The molecule has 0 fully saturated rings. The number of ether oxygens (including phenoxy) is 1. The second-order valence-electron chi connectivity index (χ2n) is 6.93. The van der Waals surface area contributed by atoms with Crippen LogP contribution in [0.1, 0.15) is 22.7 Å². The third-order valence-corrected chi connectivity index (χ3v) is 5.40. The molecule has 2 aromatic carbocycles. The van der Waals surface area contributed by atoms with Crippen molar-refractivity contribution in [2.75, 3.05) is 12.3 Å². The fourth-order valence-electron chi connectivity index (χ4n) is 2.71. The van der Waals surface area contributed by atoms with Crippen molar-refractivity contribution in [3.8, 4) is 5.75 Å². The van der Waals surface area contributed by atoms with Crippen molar-refractivity contribution >= 4 is 23.9 Å². The van der Waals surface area contributed by atoms with Crippen molar-refractivity contribution in [2.24, 2.45) is 11.6 Å². The standard InChI is InChI=1S/C23H22F4N4O2S/c24-21-13-17(23(25,26)27)3-1-16(21)2-8-22-30-18(15-33-22)14-32-19-4-6-20(7-5-19)34-12-11-31(29)10-9-28/h1-10,13,15H,11-12,14,28-29H2/b8-2+,10-9-. The van der Waals surface area contributed by atoms with Gasteiger partial charge in [0, 0.05) is 41.2 Å². The molecule has 0 saturated heterocycles. The van der Waals surface area contributed by atoms with Crippen LogP contribution in [-0.4, -0.2) is 22.3 Å². The molecule has 0 aliphatic heterocycles. The number of hydrogen-bond donors (Lipinski definition) is 2. The lowest BCUT2D eigenvalue weighted by Gasteiger charge is -2.12. The third-order valence-electron chi connectivity index (χ3n) is 4.41. The summed E-state index contributed by atoms with van der Waals surface area (Å²) in [6.45, 7) is 0.789. The SMILES string of the molecule is N/C=C\N(N)CCSc1ccc(OCc2coc(/C=C/c3ccc(C(F)(F)F)cc3F)n2)cc1. The number of benzene rings is 2. The van der Waals surface area contributed by atoms with Gasteiger partial charge < -0.3 is 19.9 Å². The molecule has 0 radical (unpaired) electrons. The lowest BCUT2D eigenvalue weighted by Crippen LogP contribution is -2.27. The summed E-state index contributed by atoms with van der Waals surface area (Å²) in [5.41, 5.74) is 4.72. The normalized spacial score (nSPS) is 12.0. The monoisotopic (exact) mass is 494 g/mol. The first-order valence-corrected chi connectivity index (χ1v) is 11.0. The van der Waals surface area contributed by atoms with Gasteiger partial charge >= 0.3 is 6.18 Å². The van der Waals surface area contributed by atoms with E-state index in [1.54, 1.807) is 18.0 Å². The Morgan fingerprint density at radius 2 is 1.88 bits per heavy atom. The lowest BCUT2D eigenvalue weighted by molar-refractivity contribution is -0.137. The van der Waals surface area contributed by atoms with Gasteiger partial charge in [0.15, 0.2) is 0 Å². The molecule has 0 unspecified atom stereocenters. The van der Waals surface area contributed by atoms with Crippen LogP contribution in [-0.2, 0) is 12.8 Å². The number of thioether (sulfide) groups is 1. The molecule has 3 aromatic rings. The molecule has 0 bridgehead atoms. The highest BCUT2D eigenvalue weighted by Crippen LogP contribution is 2.30. The van der Waals surface area contributed by atoms with Crippen LogP contribution < -0.4 is 16.3 Å². The molecular formula is C23H22F4N4O2S. The molecule has 1 aromatic heterocycles. The molecule has 3 rings (SSSR count). The van der Waals surface area contributed by atoms with Crippen molar-refractivity contribution in [1.29, 1.82) is 0 Å². The van der Waals surface area contributed by atoms with Crippen LogP contribution in [0.25, 0.3) is 12.2 Å². The minimum Gasteiger partial charge on any atom is -0.487 e. The minimum absolute atomic E-state index is 0.0167. The van der Waals surface area contributed by atoms with E-state index >= 15 is 0 Å². The Hall–Kier alpha value is -3.44. The fraction of sp³-hybridized carbons (Fsp3) is 0.174. The molecule has 0 atom stereocenters. The molecule has 4 N–H and O–H groups in total. The lowest BCUT2D eigenvalue weighted by atomic mass is 10.1. The molecule has 0 amide bonds. The van der Waals surface area contributed by atoms with E-state index in [9.17, 15) is 17.6 Å². The van der Waals surface area contributed by atoms with Crippen molar-refractivity contribution in [3.63, 3.8) is 0 Å². The van der Waals surface area contributed by atoms with Crippen LogP contribution in [0.5, 0.6) is 5.75 Å². The Bertz CT molecular complexity index is 1130. The maximum atomic E-state index is 13.9. The predicted molar refractivity (Wildman–Crippen MR) is 123 cm³/mol. The number of aromatic nitrogens is 1. The number of hydrogen-bond acceptors (Lipinski definition) is 7. The van der Waals surface area contributed by atoms with Crippen LogP contribution in [0.4, 0.5) is 17.6 Å². The van der Waals surface area contributed by atoms with Gasteiger partial charge in [-0.1, -0.05) is 6.07 Å². The highest BCUT2D eigenvalue weighted by molar-refractivity contribution is 7.99. The van der Waals surface area contributed by atoms with E-state index in [2.05, 4.69) is 4.98 Å². The molecule has 0 saturated carbocycles. The van der Waals surface area contributed by atoms with Crippen LogP contribution in [0.2, 0.25) is 0 Å². The quantitative estimate of drug-likeness (QED) is 0.172. The van der Waals surface area contributed by atoms with Gasteiger partial charge in [-0.05, 0) is 42.5 Å². The number of hydrazine groups is 1. The van der Waals surface area contributed by atoms with Gasteiger partial charge in [0.1, 0.15) is 30.1 Å². The van der Waals surface area contributed by atoms with Gasteiger partial charge in [0.2, 0.25) is 5.89 Å². The summed E-state index contributed by atoms with van der Waals surface area (Å²) >= 11 is 1.64. The summed E-state index contributed by atoms with van der Waals surface area (Å²) in [4.78, 5) is 5.26. The topological polar surface area (TPSA) is 90.5 Å². The molecule has 0 aliphatic carbocycles. The summed E-state index contributed by atoms with van der Waals surface area (Å²) in [6.07, 6.45) is 2.42. The molecule has 180 valence electrons. The van der Waals surface area contributed by atoms with Crippen LogP contribution in [0.15, 0.2) is 70.4 Å². The molecule has 1 heterocycles. The van der Waals surface area contributed by atoms with E-state index in [1.807, 2.05) is 24.3 Å². The predicted octanol–water partition coefficient (Wildman–Crippen LogP) is 5.28. The first kappa shape index (κ1) is 25.2. The van der Waals surface area contributed by atoms with Crippen molar-refractivity contribution < 1.29 is 26.7 Å². The van der Waals surface area contributed by atoms with Crippen molar-refractivity contribution in [2.45, 2.75) is 17.7 Å². The van der Waals surface area contributed by atoms with Gasteiger partial charge in [-0.2, -0.15) is 13.2 Å². The van der Waals surface area contributed by atoms with Gasteiger partial charge in [0.25, 0.3) is 0 Å². The number of oxazole rings is 1. The molecule has 0 spiro atoms. The van der Waals surface area contributed by atoms with E-state index < -0.39 is 17.6 Å². The van der Waals surface area contributed by atoms with Crippen LogP contribution >= 0.6 is 11.8 Å². The maximum Gasteiger partial charge on any atom is 0.416 e. The molecule has 34 heavy (non-hydrogen) atoms. The van der Waals surface area contributed by atoms with Crippen molar-refractivity contribution in [1.82, 2.24) is 9.99 Å². The number of nitrogens with two attached hydrogens (primary N) is 2. The van der Waals surface area contributed by atoms with E-state index in [0.29, 0.717) is 24.1 Å². The number of halogens is 4. The number of alkyl halides is 3. The summed E-state index contributed by atoms with van der Waals surface area (Å²) in [5.74, 6) is 6.31. The van der Waals surface area contributed by atoms with Crippen LogP contribution in [0, 0.1) is 5.82 Å². The summed E-state index contributed by atoms with van der Waals surface area (Å²) in [7, 11) is 0. The van der Waals surface area contributed by atoms with Gasteiger partial charge in [-0.15, -0.1) is 11.8 Å². The Labute approximate surface area is 197 Å². The van der Waals surface area contributed by atoms with Gasteiger partial charge in [-0.3, -0.25) is 0 Å². The van der Waals surface area contributed by atoms with Gasteiger partial charge in [0.05, 0.1) is 5.56 Å². The second kappa shape index (κ2) is 11.6. The Morgan fingerprint density at radius 3 is 2.56 bits per heavy atom. The molecule has 0 aliphatic rings. The van der Waals surface area contributed by atoms with E-state index in [1.165, 1.54) is 29.6 Å². The number of rotatable bonds is 10.